The number of nitrogens with one attached hydrogen (secondary N) is 1. The van der Waals surface area contributed by atoms with E-state index in [2.05, 4.69) is 18.8 Å². The van der Waals surface area contributed by atoms with Gasteiger partial charge in [-0.1, -0.05) is 12.5 Å². The summed E-state index contributed by atoms with van der Waals surface area (Å²) in [5.74, 6) is 2.41. The molecular formula is C14H24N2O. The Hall–Kier alpha value is -0.830. The first-order chi connectivity index (χ1) is 8.11. The van der Waals surface area contributed by atoms with Gasteiger partial charge in [-0.2, -0.15) is 0 Å². The van der Waals surface area contributed by atoms with Crippen LogP contribution in [0.4, 0.5) is 0 Å². The third-order valence-electron chi connectivity index (χ3n) is 4.56. The highest BCUT2D eigenvalue weighted by Gasteiger charge is 2.42. The molecule has 1 amide bonds. The molecule has 2 rings (SSSR count). The summed E-state index contributed by atoms with van der Waals surface area (Å²) in [5, 5.41) is 3.08. The van der Waals surface area contributed by atoms with Crippen LogP contribution in [0.25, 0.3) is 0 Å². The molecule has 3 N–H and O–H groups in total. The summed E-state index contributed by atoms with van der Waals surface area (Å²) in [6, 6.07) is -0.165. The van der Waals surface area contributed by atoms with E-state index in [1.807, 2.05) is 0 Å². The predicted octanol–water partition coefficient (Wildman–Crippen LogP) is 1.83. The van der Waals surface area contributed by atoms with Crippen LogP contribution in [0.15, 0.2) is 12.7 Å². The van der Waals surface area contributed by atoms with Crippen LogP contribution in [-0.2, 0) is 4.79 Å². The maximum Gasteiger partial charge on any atom is 0.237 e. The van der Waals surface area contributed by atoms with Crippen molar-refractivity contribution in [2.75, 3.05) is 0 Å². The Labute approximate surface area is 104 Å². The van der Waals surface area contributed by atoms with Gasteiger partial charge in [-0.3, -0.25) is 4.79 Å². The van der Waals surface area contributed by atoms with Gasteiger partial charge in [-0.15, -0.1) is 6.58 Å². The fourth-order valence-electron chi connectivity index (χ4n) is 3.63. The van der Waals surface area contributed by atoms with Gasteiger partial charge in [0.1, 0.15) is 0 Å². The second kappa shape index (κ2) is 5.21. The Morgan fingerprint density at radius 2 is 2.29 bits per heavy atom. The zero-order valence-corrected chi connectivity index (χ0v) is 10.7. The minimum atomic E-state index is -0.437. The molecule has 0 heterocycles. The summed E-state index contributed by atoms with van der Waals surface area (Å²) in [5.41, 5.74) is 5.77. The first-order valence-corrected chi connectivity index (χ1v) is 6.78. The van der Waals surface area contributed by atoms with Gasteiger partial charge in [0.15, 0.2) is 0 Å². The highest BCUT2D eigenvalue weighted by molar-refractivity contribution is 5.81. The molecule has 0 aromatic carbocycles. The van der Waals surface area contributed by atoms with Crippen LogP contribution in [0.1, 0.15) is 39.0 Å². The van der Waals surface area contributed by atoms with Crippen molar-refractivity contribution in [3.05, 3.63) is 12.7 Å². The van der Waals surface area contributed by atoms with E-state index < -0.39 is 6.04 Å². The third-order valence-corrected chi connectivity index (χ3v) is 4.56. The van der Waals surface area contributed by atoms with Crippen LogP contribution < -0.4 is 11.1 Å². The molecule has 3 heteroatoms. The smallest absolute Gasteiger partial charge is 0.237 e. The Bertz CT molecular complexity index is 303. The molecular weight excluding hydrogens is 212 g/mol. The number of carbonyl (C=O) groups is 1. The largest absolute Gasteiger partial charge is 0.352 e. The molecule has 17 heavy (non-hydrogen) atoms. The Morgan fingerprint density at radius 3 is 2.82 bits per heavy atom. The van der Waals surface area contributed by atoms with Gasteiger partial charge in [-0.05, 0) is 50.4 Å². The van der Waals surface area contributed by atoms with Gasteiger partial charge < -0.3 is 11.1 Å². The van der Waals surface area contributed by atoms with Crippen molar-refractivity contribution in [2.45, 2.75) is 51.1 Å². The highest BCUT2D eigenvalue weighted by atomic mass is 16.2. The molecule has 0 aromatic heterocycles. The van der Waals surface area contributed by atoms with Crippen LogP contribution in [0, 0.1) is 17.8 Å². The van der Waals surface area contributed by atoms with E-state index in [-0.39, 0.29) is 11.9 Å². The van der Waals surface area contributed by atoms with Crippen molar-refractivity contribution in [3.63, 3.8) is 0 Å². The molecule has 2 saturated carbocycles. The van der Waals surface area contributed by atoms with Gasteiger partial charge in [0.25, 0.3) is 0 Å². The maximum absolute atomic E-state index is 11.8. The molecule has 2 fully saturated rings. The Morgan fingerprint density at radius 1 is 1.53 bits per heavy atom. The molecule has 5 unspecified atom stereocenters. The second-order valence-corrected chi connectivity index (χ2v) is 5.77. The zero-order valence-electron chi connectivity index (χ0n) is 10.7. The fraction of sp³-hybridized carbons (Fsp3) is 0.786. The Kier molecular flexibility index (Phi) is 3.87. The summed E-state index contributed by atoms with van der Waals surface area (Å²) in [4.78, 5) is 11.8. The number of hydrogen-bond donors (Lipinski definition) is 2. The summed E-state index contributed by atoms with van der Waals surface area (Å²) >= 11 is 0. The molecule has 0 spiro atoms. The lowest BCUT2D eigenvalue weighted by Gasteiger charge is -2.29. The molecule has 0 radical (unpaired) electrons. The zero-order chi connectivity index (χ0) is 12.4. The molecule has 2 aliphatic carbocycles. The van der Waals surface area contributed by atoms with Crippen LogP contribution in [0.5, 0.6) is 0 Å². The van der Waals surface area contributed by atoms with E-state index in [0.29, 0.717) is 12.3 Å². The van der Waals surface area contributed by atoms with Gasteiger partial charge >= 0.3 is 0 Å². The van der Waals surface area contributed by atoms with Crippen molar-refractivity contribution in [3.8, 4) is 0 Å². The molecule has 5 atom stereocenters. The standard InChI is InChI=1S/C14H24N2O/c1-3-4-13(15)14(17)16-9(2)12-8-10-5-6-11(12)7-10/h3,9-13H,1,4-8,15H2,2H3,(H,16,17). The molecule has 3 nitrogen and oxygen atoms in total. The molecule has 0 saturated heterocycles. The maximum atomic E-state index is 11.8. The first kappa shape index (κ1) is 12.6. The highest BCUT2D eigenvalue weighted by Crippen LogP contribution is 2.49. The number of nitrogens with two attached hydrogens (primary N) is 1. The average Bonchev–Trinajstić information content (AvgIpc) is 2.90. The van der Waals surface area contributed by atoms with Crippen molar-refractivity contribution >= 4 is 5.91 Å². The van der Waals surface area contributed by atoms with E-state index in [4.69, 9.17) is 5.73 Å². The summed E-state index contributed by atoms with van der Waals surface area (Å²) in [6.07, 6.45) is 7.68. The van der Waals surface area contributed by atoms with Crippen LogP contribution in [0.2, 0.25) is 0 Å². The average molecular weight is 236 g/mol. The first-order valence-electron chi connectivity index (χ1n) is 6.78. The van der Waals surface area contributed by atoms with Gasteiger partial charge in [-0.25, -0.2) is 0 Å². The lowest BCUT2D eigenvalue weighted by Crippen LogP contribution is -2.47. The molecule has 2 bridgehead atoms. The topological polar surface area (TPSA) is 55.1 Å². The second-order valence-electron chi connectivity index (χ2n) is 5.77. The number of carbonyl (C=O) groups excluding carboxylic acids is 1. The summed E-state index contributed by atoms with van der Waals surface area (Å²) in [7, 11) is 0. The summed E-state index contributed by atoms with van der Waals surface area (Å²) in [6.45, 7) is 5.74. The van der Waals surface area contributed by atoms with E-state index >= 15 is 0 Å². The predicted molar refractivity (Wildman–Crippen MR) is 69.3 cm³/mol. The summed E-state index contributed by atoms with van der Waals surface area (Å²) < 4.78 is 0. The number of fused-ring (bicyclic) bond motifs is 2. The van der Waals surface area contributed by atoms with Crippen molar-refractivity contribution in [1.82, 2.24) is 5.32 Å². The lowest BCUT2D eigenvalue weighted by atomic mass is 9.84. The molecule has 0 aromatic rings. The van der Waals surface area contributed by atoms with Crippen molar-refractivity contribution < 1.29 is 4.79 Å². The van der Waals surface area contributed by atoms with Crippen molar-refractivity contribution in [2.24, 2.45) is 23.5 Å². The van der Waals surface area contributed by atoms with Gasteiger partial charge in [0, 0.05) is 6.04 Å². The minimum Gasteiger partial charge on any atom is -0.352 e. The van der Waals surface area contributed by atoms with E-state index in [1.165, 1.54) is 25.7 Å². The van der Waals surface area contributed by atoms with Gasteiger partial charge in [0.2, 0.25) is 5.91 Å². The number of hydrogen-bond acceptors (Lipinski definition) is 2. The SMILES string of the molecule is C=CCC(N)C(=O)NC(C)C1CC2CCC1C2. The lowest BCUT2D eigenvalue weighted by molar-refractivity contribution is -0.123. The van der Waals surface area contributed by atoms with Crippen LogP contribution in [-0.4, -0.2) is 18.0 Å². The minimum absolute atomic E-state index is 0.0276. The molecule has 0 aliphatic heterocycles. The quantitative estimate of drug-likeness (QED) is 0.716. The van der Waals surface area contributed by atoms with Gasteiger partial charge in [0.05, 0.1) is 6.04 Å². The third kappa shape index (κ3) is 2.71. The van der Waals surface area contributed by atoms with Crippen LogP contribution in [0.3, 0.4) is 0 Å². The molecule has 2 aliphatic rings. The Balaban J connectivity index is 1.82. The monoisotopic (exact) mass is 236 g/mol. The van der Waals surface area contributed by atoms with E-state index in [1.54, 1.807) is 6.08 Å². The van der Waals surface area contributed by atoms with E-state index in [0.717, 1.165) is 11.8 Å². The number of rotatable bonds is 5. The van der Waals surface area contributed by atoms with Crippen LogP contribution >= 0.6 is 0 Å². The van der Waals surface area contributed by atoms with Crippen molar-refractivity contribution in [1.29, 1.82) is 0 Å². The fourth-order valence-corrected chi connectivity index (χ4v) is 3.63. The molecule has 96 valence electrons. The number of amides is 1. The normalized spacial score (nSPS) is 34.4. The van der Waals surface area contributed by atoms with E-state index in [9.17, 15) is 4.79 Å².